The van der Waals surface area contributed by atoms with Crippen molar-refractivity contribution in [2.24, 2.45) is 0 Å². The number of fused-ring (bicyclic) bond motifs is 1. The van der Waals surface area contributed by atoms with E-state index in [0.717, 1.165) is 47.8 Å². The molecule has 0 atom stereocenters. The van der Waals surface area contributed by atoms with Gasteiger partial charge >= 0.3 is 0 Å². The second-order valence-electron chi connectivity index (χ2n) is 7.98. The molecule has 6 nitrogen and oxygen atoms in total. The Hall–Kier alpha value is -3.17. The van der Waals surface area contributed by atoms with Gasteiger partial charge in [-0.3, -0.25) is 9.69 Å². The van der Waals surface area contributed by atoms with Gasteiger partial charge in [0.15, 0.2) is 0 Å². The van der Waals surface area contributed by atoms with Crippen molar-refractivity contribution >= 4 is 34.0 Å². The zero-order chi connectivity index (χ0) is 23.4. The summed E-state index contributed by atoms with van der Waals surface area (Å²) < 4.78 is 0. The number of aryl methyl sites for hydroxylation is 2. The number of nitrogens with zero attached hydrogens (tertiary/aromatic N) is 4. The number of nitriles is 2. The van der Waals surface area contributed by atoms with Gasteiger partial charge in [-0.15, -0.1) is 11.3 Å². The fourth-order valence-corrected chi connectivity index (χ4v) is 6.14. The van der Waals surface area contributed by atoms with E-state index < -0.39 is 0 Å². The van der Waals surface area contributed by atoms with E-state index in [-0.39, 0.29) is 11.7 Å². The van der Waals surface area contributed by atoms with Gasteiger partial charge in [-0.1, -0.05) is 42.1 Å². The van der Waals surface area contributed by atoms with Crippen LogP contribution in [0, 0.1) is 36.5 Å². The number of carbonyl (C=O) groups excluding carboxylic acids is 1. The standard InChI is InChI=1S/C25H23N5OS2/c1-16-10-17(2)28-24(20(16)11-26)32-15-23(31)29-25-21(12-27)19-8-9-30(14-22(19)33-25)13-18-6-4-3-5-7-18/h3-7,10H,8-9,13-15H2,1-2H3,(H,29,31). The molecule has 0 bridgehead atoms. The van der Waals surface area contributed by atoms with E-state index >= 15 is 0 Å². The van der Waals surface area contributed by atoms with E-state index in [0.29, 0.717) is 21.2 Å². The Balaban J connectivity index is 1.44. The summed E-state index contributed by atoms with van der Waals surface area (Å²) in [6.07, 6.45) is 0.796. The third-order valence-electron chi connectivity index (χ3n) is 5.51. The van der Waals surface area contributed by atoms with Crippen LogP contribution in [0.3, 0.4) is 0 Å². The Bertz CT molecular complexity index is 1270. The number of carbonyl (C=O) groups is 1. The van der Waals surface area contributed by atoms with Crippen LogP contribution in [0.25, 0.3) is 0 Å². The van der Waals surface area contributed by atoms with Crippen LogP contribution in [-0.2, 0) is 24.3 Å². The maximum atomic E-state index is 12.7. The van der Waals surface area contributed by atoms with Gasteiger partial charge in [-0.25, -0.2) is 4.98 Å². The number of aromatic nitrogens is 1. The van der Waals surface area contributed by atoms with Gasteiger partial charge in [0.05, 0.1) is 16.9 Å². The van der Waals surface area contributed by atoms with Crippen molar-refractivity contribution in [3.63, 3.8) is 0 Å². The van der Waals surface area contributed by atoms with E-state index in [1.165, 1.54) is 28.7 Å². The van der Waals surface area contributed by atoms with Crippen molar-refractivity contribution in [2.75, 3.05) is 17.6 Å². The highest BCUT2D eigenvalue weighted by atomic mass is 32.2. The van der Waals surface area contributed by atoms with Crippen molar-refractivity contribution in [2.45, 2.75) is 38.4 Å². The van der Waals surface area contributed by atoms with Crippen LogP contribution in [0.5, 0.6) is 0 Å². The fourth-order valence-electron chi connectivity index (χ4n) is 3.98. The number of rotatable bonds is 6. The van der Waals surface area contributed by atoms with E-state index in [9.17, 15) is 15.3 Å². The molecule has 1 amide bonds. The normalized spacial score (nSPS) is 13.1. The first-order chi connectivity index (χ1) is 16.0. The molecule has 0 radical (unpaired) electrons. The lowest BCUT2D eigenvalue weighted by molar-refractivity contribution is -0.113. The topological polar surface area (TPSA) is 92.8 Å². The average Bonchev–Trinajstić information content (AvgIpc) is 3.14. The molecule has 3 aromatic rings. The summed E-state index contributed by atoms with van der Waals surface area (Å²) in [5, 5.41) is 23.3. The number of pyridine rings is 1. The van der Waals surface area contributed by atoms with Crippen molar-refractivity contribution in [3.05, 3.63) is 74.8 Å². The van der Waals surface area contributed by atoms with Gasteiger partial charge in [-0.2, -0.15) is 10.5 Å². The highest BCUT2D eigenvalue weighted by Crippen LogP contribution is 2.37. The van der Waals surface area contributed by atoms with E-state index in [1.54, 1.807) is 0 Å². The molecule has 1 aliphatic heterocycles. The Kier molecular flexibility index (Phi) is 7.10. The van der Waals surface area contributed by atoms with Crippen LogP contribution < -0.4 is 5.32 Å². The Morgan fingerprint density at radius 1 is 1.21 bits per heavy atom. The van der Waals surface area contributed by atoms with Crippen LogP contribution in [0.15, 0.2) is 41.4 Å². The van der Waals surface area contributed by atoms with E-state index in [2.05, 4.69) is 39.5 Å². The predicted octanol–water partition coefficient (Wildman–Crippen LogP) is 4.79. The summed E-state index contributed by atoms with van der Waals surface area (Å²) in [4.78, 5) is 20.6. The third-order valence-corrected chi connectivity index (χ3v) is 7.62. The molecule has 0 saturated heterocycles. The number of thioether (sulfide) groups is 1. The SMILES string of the molecule is Cc1cc(C)c(C#N)c(SCC(=O)Nc2sc3c(c2C#N)CCN(Cc2ccccc2)C3)n1. The summed E-state index contributed by atoms with van der Waals surface area (Å²) >= 11 is 2.74. The van der Waals surface area contributed by atoms with Crippen LogP contribution in [0.2, 0.25) is 0 Å². The molecule has 4 rings (SSSR count). The van der Waals surface area contributed by atoms with Crippen molar-refractivity contribution in [1.82, 2.24) is 9.88 Å². The molecule has 3 heterocycles. The summed E-state index contributed by atoms with van der Waals surface area (Å²) in [7, 11) is 0. The maximum absolute atomic E-state index is 12.7. The molecular formula is C25H23N5OS2. The number of nitrogens with one attached hydrogen (secondary N) is 1. The zero-order valence-electron chi connectivity index (χ0n) is 18.5. The number of anilines is 1. The number of hydrogen-bond acceptors (Lipinski definition) is 7. The number of amides is 1. The second kappa shape index (κ2) is 10.2. The van der Waals surface area contributed by atoms with Crippen molar-refractivity contribution in [3.8, 4) is 12.1 Å². The lowest BCUT2D eigenvalue weighted by atomic mass is 10.0. The first-order valence-electron chi connectivity index (χ1n) is 10.6. The highest BCUT2D eigenvalue weighted by molar-refractivity contribution is 8.00. The predicted molar refractivity (Wildman–Crippen MR) is 131 cm³/mol. The molecular weight excluding hydrogens is 450 g/mol. The maximum Gasteiger partial charge on any atom is 0.235 e. The molecule has 8 heteroatoms. The van der Waals surface area contributed by atoms with Gasteiger partial charge in [0.1, 0.15) is 22.2 Å². The summed E-state index contributed by atoms with van der Waals surface area (Å²) in [6.45, 7) is 6.25. The summed E-state index contributed by atoms with van der Waals surface area (Å²) in [6, 6.07) is 16.7. The van der Waals surface area contributed by atoms with Gasteiger partial charge in [-0.05, 0) is 43.0 Å². The minimum Gasteiger partial charge on any atom is -0.316 e. The minimum atomic E-state index is -0.207. The summed E-state index contributed by atoms with van der Waals surface area (Å²) in [5.74, 6) is -0.0842. The second-order valence-corrected chi connectivity index (χ2v) is 10.0. The molecule has 166 valence electrons. The highest BCUT2D eigenvalue weighted by Gasteiger charge is 2.25. The molecule has 0 spiro atoms. The van der Waals surface area contributed by atoms with Gasteiger partial charge in [0, 0.05) is 30.2 Å². The Labute approximate surface area is 201 Å². The molecule has 0 fully saturated rings. The molecule has 0 saturated carbocycles. The molecule has 1 N–H and O–H groups in total. The molecule has 1 aromatic carbocycles. The minimum absolute atomic E-state index is 0.123. The first-order valence-corrected chi connectivity index (χ1v) is 12.4. The largest absolute Gasteiger partial charge is 0.316 e. The van der Waals surface area contributed by atoms with Gasteiger partial charge < -0.3 is 5.32 Å². The molecule has 0 aliphatic carbocycles. The van der Waals surface area contributed by atoms with Crippen molar-refractivity contribution in [1.29, 1.82) is 10.5 Å². The van der Waals surface area contributed by atoms with Crippen LogP contribution in [0.1, 0.15) is 38.4 Å². The average molecular weight is 474 g/mol. The number of benzene rings is 1. The van der Waals surface area contributed by atoms with Gasteiger partial charge in [0.25, 0.3) is 0 Å². The smallest absolute Gasteiger partial charge is 0.235 e. The molecule has 1 aliphatic rings. The molecule has 33 heavy (non-hydrogen) atoms. The van der Waals surface area contributed by atoms with Gasteiger partial charge in [0.2, 0.25) is 5.91 Å². The first kappa shape index (κ1) is 23.0. The number of thiophene rings is 1. The van der Waals surface area contributed by atoms with Crippen LogP contribution >= 0.6 is 23.1 Å². The molecule has 0 unspecified atom stereocenters. The Morgan fingerprint density at radius 2 is 1.97 bits per heavy atom. The lowest BCUT2D eigenvalue weighted by Gasteiger charge is -2.26. The fraction of sp³-hybridized carbons (Fsp3) is 0.280. The molecule has 2 aromatic heterocycles. The van der Waals surface area contributed by atoms with Crippen molar-refractivity contribution < 1.29 is 4.79 Å². The monoisotopic (exact) mass is 473 g/mol. The quantitative estimate of drug-likeness (QED) is 0.517. The lowest BCUT2D eigenvalue weighted by Crippen LogP contribution is -2.29. The third kappa shape index (κ3) is 5.26. The van der Waals surface area contributed by atoms with E-state index in [1.807, 2.05) is 38.1 Å². The van der Waals surface area contributed by atoms with Crippen LogP contribution in [-0.4, -0.2) is 28.1 Å². The van der Waals surface area contributed by atoms with E-state index in [4.69, 9.17) is 0 Å². The Morgan fingerprint density at radius 3 is 2.70 bits per heavy atom. The number of hydrogen-bond donors (Lipinski definition) is 1. The zero-order valence-corrected chi connectivity index (χ0v) is 20.1. The summed E-state index contributed by atoms with van der Waals surface area (Å²) in [5.41, 5.74) is 5.06. The van der Waals surface area contributed by atoms with Crippen LogP contribution in [0.4, 0.5) is 5.00 Å².